The highest BCUT2D eigenvalue weighted by atomic mass is 16.7. The van der Waals surface area contributed by atoms with Gasteiger partial charge in [-0.05, 0) is 59.5 Å². The Morgan fingerprint density at radius 2 is 1.88 bits per heavy atom. The number of oxime groups is 1. The molecule has 0 N–H and O–H groups in total. The Morgan fingerprint density at radius 3 is 2.47 bits per heavy atom. The molecule has 2 saturated heterocycles. The average Bonchev–Trinajstić information content (AvgIpc) is 2.95. The predicted octanol–water partition coefficient (Wildman–Crippen LogP) is 2.31. The number of hydrogen-bond acceptors (Lipinski definition) is 7. The van der Waals surface area contributed by atoms with Crippen LogP contribution >= 0.6 is 0 Å². The maximum absolute atomic E-state index is 13.4. The van der Waals surface area contributed by atoms with Gasteiger partial charge in [0.05, 0.1) is 10.8 Å². The zero-order valence-electron chi connectivity index (χ0n) is 20.2. The van der Waals surface area contributed by atoms with Gasteiger partial charge < -0.3 is 24.1 Å². The van der Waals surface area contributed by atoms with Gasteiger partial charge in [0, 0.05) is 33.7 Å². The minimum atomic E-state index is -0.761. The normalized spacial score (nSPS) is 32.7. The number of carbonyl (C=O) groups excluding carboxylic acids is 2. The van der Waals surface area contributed by atoms with E-state index in [-0.39, 0.29) is 12.0 Å². The number of rotatable bonds is 4. The number of amides is 2. The van der Waals surface area contributed by atoms with Crippen molar-refractivity contribution in [3.63, 3.8) is 0 Å². The van der Waals surface area contributed by atoms with Crippen LogP contribution in [-0.2, 0) is 19.1 Å². The molecule has 1 unspecified atom stereocenters. The molecule has 4 rings (SSSR count). The number of ether oxygens (including phenoxy) is 2. The molecule has 0 aromatic rings. The van der Waals surface area contributed by atoms with Crippen LogP contribution in [0.5, 0.6) is 0 Å². The molecule has 3 heterocycles. The van der Waals surface area contributed by atoms with E-state index in [9.17, 15) is 9.59 Å². The zero-order chi connectivity index (χ0) is 23.1. The molecule has 0 aromatic carbocycles. The van der Waals surface area contributed by atoms with Crippen molar-refractivity contribution >= 4 is 17.9 Å². The largest absolute Gasteiger partial charge is 0.470 e. The Kier molecular flexibility index (Phi) is 6.07. The Balaban J connectivity index is 1.56. The molecule has 0 bridgehead atoms. The first-order valence-electron chi connectivity index (χ1n) is 11.9. The third-order valence-corrected chi connectivity index (χ3v) is 7.29. The molecule has 0 aromatic heterocycles. The maximum atomic E-state index is 13.4. The van der Waals surface area contributed by atoms with Crippen molar-refractivity contribution in [2.75, 3.05) is 53.4 Å². The molecule has 32 heavy (non-hydrogen) atoms. The van der Waals surface area contributed by atoms with E-state index in [1.54, 1.807) is 23.9 Å². The summed E-state index contributed by atoms with van der Waals surface area (Å²) < 4.78 is 12.0. The van der Waals surface area contributed by atoms with Crippen molar-refractivity contribution in [3.8, 4) is 0 Å². The number of nitrogens with zero attached hydrogens (tertiary/aromatic N) is 4. The van der Waals surface area contributed by atoms with E-state index in [0.29, 0.717) is 32.0 Å². The van der Waals surface area contributed by atoms with Crippen LogP contribution in [0.1, 0.15) is 52.9 Å². The SMILES string of the molecule is CN(C)C(=O)[C@]12CC[C@@]1(C1=NOCC(CN3CCCCC3)O1)CN(C(=O)OC(C)(C)C)C2. The van der Waals surface area contributed by atoms with E-state index in [0.717, 1.165) is 26.1 Å². The Morgan fingerprint density at radius 1 is 1.16 bits per heavy atom. The molecule has 3 atom stereocenters. The fourth-order valence-electron chi connectivity index (χ4n) is 5.65. The minimum absolute atomic E-state index is 0.000683. The summed E-state index contributed by atoms with van der Waals surface area (Å²) in [6.07, 6.45) is 4.59. The van der Waals surface area contributed by atoms with Gasteiger partial charge in [0.1, 0.15) is 11.7 Å². The van der Waals surface area contributed by atoms with E-state index in [2.05, 4.69) is 10.1 Å². The van der Waals surface area contributed by atoms with Gasteiger partial charge in [-0.15, -0.1) is 0 Å². The summed E-state index contributed by atoms with van der Waals surface area (Å²) in [6, 6.07) is 0. The van der Waals surface area contributed by atoms with Crippen molar-refractivity contribution in [3.05, 3.63) is 0 Å². The van der Waals surface area contributed by atoms with Gasteiger partial charge in [-0.25, -0.2) is 4.79 Å². The molecule has 3 aliphatic heterocycles. The summed E-state index contributed by atoms with van der Waals surface area (Å²) in [6.45, 7) is 9.54. The lowest BCUT2D eigenvalue weighted by Crippen LogP contribution is -2.63. The van der Waals surface area contributed by atoms with E-state index in [1.165, 1.54) is 19.3 Å². The second-order valence-electron chi connectivity index (χ2n) is 11.0. The lowest BCUT2D eigenvalue weighted by molar-refractivity contribution is -0.153. The van der Waals surface area contributed by atoms with E-state index in [4.69, 9.17) is 14.3 Å². The lowest BCUT2D eigenvalue weighted by Gasteiger charge is -2.53. The standard InChI is InChI=1S/C23H38N4O5/c1-21(2,3)32-20(29)27-15-22(9-10-23(22,16-27)19(28)25(4)5)18-24-30-14-17(31-18)13-26-11-7-6-8-12-26/h17H,6-16H2,1-5H3/t17?,22-,23+/m0/s1. The molecule has 2 amide bonds. The van der Waals surface area contributed by atoms with Crippen molar-refractivity contribution in [1.29, 1.82) is 0 Å². The van der Waals surface area contributed by atoms with Crippen LogP contribution in [0.3, 0.4) is 0 Å². The topological polar surface area (TPSA) is 83.9 Å². The highest BCUT2D eigenvalue weighted by Crippen LogP contribution is 2.63. The summed E-state index contributed by atoms with van der Waals surface area (Å²) >= 11 is 0. The predicted molar refractivity (Wildman–Crippen MR) is 119 cm³/mol. The molecule has 0 radical (unpaired) electrons. The first kappa shape index (κ1) is 23.1. The lowest BCUT2D eigenvalue weighted by atomic mass is 9.50. The van der Waals surface area contributed by atoms with Gasteiger partial charge in [-0.2, -0.15) is 0 Å². The first-order valence-corrected chi connectivity index (χ1v) is 11.9. The van der Waals surface area contributed by atoms with Gasteiger partial charge in [-0.3, -0.25) is 9.69 Å². The number of piperidine rings is 1. The van der Waals surface area contributed by atoms with E-state index < -0.39 is 22.5 Å². The summed E-state index contributed by atoms with van der Waals surface area (Å²) in [5.74, 6) is 0.470. The van der Waals surface area contributed by atoms with Crippen LogP contribution < -0.4 is 0 Å². The quantitative estimate of drug-likeness (QED) is 0.654. The monoisotopic (exact) mass is 450 g/mol. The van der Waals surface area contributed by atoms with Gasteiger partial charge in [0.2, 0.25) is 11.8 Å². The summed E-state index contributed by atoms with van der Waals surface area (Å²) in [4.78, 5) is 37.7. The smallest absolute Gasteiger partial charge is 0.410 e. The molecule has 4 aliphatic rings. The van der Waals surface area contributed by atoms with Crippen LogP contribution in [0, 0.1) is 10.8 Å². The summed E-state index contributed by atoms with van der Waals surface area (Å²) in [5.41, 5.74) is -2.04. The van der Waals surface area contributed by atoms with E-state index >= 15 is 0 Å². The zero-order valence-corrected chi connectivity index (χ0v) is 20.2. The Hall–Kier alpha value is -2.03. The third kappa shape index (κ3) is 4.04. The molecule has 1 saturated carbocycles. The van der Waals surface area contributed by atoms with Crippen LogP contribution in [0.4, 0.5) is 4.79 Å². The maximum Gasteiger partial charge on any atom is 0.410 e. The Labute approximate surface area is 191 Å². The highest BCUT2D eigenvalue weighted by molar-refractivity contribution is 5.97. The molecule has 1 aliphatic carbocycles. The molecule has 3 fully saturated rings. The van der Waals surface area contributed by atoms with Crippen LogP contribution in [0.15, 0.2) is 5.16 Å². The van der Waals surface area contributed by atoms with Crippen molar-refractivity contribution < 1.29 is 23.9 Å². The van der Waals surface area contributed by atoms with Crippen LogP contribution in [-0.4, -0.2) is 97.7 Å². The average molecular weight is 451 g/mol. The molecular weight excluding hydrogens is 412 g/mol. The summed E-state index contributed by atoms with van der Waals surface area (Å²) in [5, 5.41) is 4.31. The fraction of sp³-hybridized carbons (Fsp3) is 0.870. The van der Waals surface area contributed by atoms with E-state index in [1.807, 2.05) is 20.8 Å². The molecule has 9 heteroatoms. The molecule has 180 valence electrons. The molecular formula is C23H38N4O5. The van der Waals surface area contributed by atoms with Crippen LogP contribution in [0.25, 0.3) is 0 Å². The number of carbonyl (C=O) groups is 2. The number of fused-ring (bicyclic) bond motifs is 1. The number of likely N-dealkylation sites (tertiary alicyclic amines) is 2. The fourth-order valence-corrected chi connectivity index (χ4v) is 5.65. The highest BCUT2D eigenvalue weighted by Gasteiger charge is 2.73. The van der Waals surface area contributed by atoms with Gasteiger partial charge in [0.15, 0.2) is 6.61 Å². The summed E-state index contributed by atoms with van der Waals surface area (Å²) in [7, 11) is 3.52. The van der Waals surface area contributed by atoms with Crippen molar-refractivity contribution in [2.24, 2.45) is 16.0 Å². The van der Waals surface area contributed by atoms with Crippen molar-refractivity contribution in [1.82, 2.24) is 14.7 Å². The van der Waals surface area contributed by atoms with Gasteiger partial charge >= 0.3 is 6.09 Å². The second kappa shape index (κ2) is 8.39. The molecule has 0 spiro atoms. The molecule has 9 nitrogen and oxygen atoms in total. The van der Waals surface area contributed by atoms with Gasteiger partial charge in [0.25, 0.3) is 0 Å². The Bertz CT molecular complexity index is 773. The second-order valence-corrected chi connectivity index (χ2v) is 11.0. The minimum Gasteiger partial charge on any atom is -0.470 e. The number of hydrogen-bond donors (Lipinski definition) is 0. The van der Waals surface area contributed by atoms with Gasteiger partial charge in [-0.1, -0.05) is 11.6 Å². The third-order valence-electron chi connectivity index (χ3n) is 7.29. The first-order chi connectivity index (χ1) is 15.1. The van der Waals surface area contributed by atoms with Crippen molar-refractivity contribution in [2.45, 2.75) is 64.6 Å². The van der Waals surface area contributed by atoms with Crippen LogP contribution in [0.2, 0.25) is 0 Å².